The van der Waals surface area contributed by atoms with Gasteiger partial charge in [-0.1, -0.05) is 0 Å². The Kier molecular flexibility index (Phi) is 1.77. The van der Waals surface area contributed by atoms with E-state index in [1.165, 1.54) is 0 Å². The zero-order valence-electron chi connectivity index (χ0n) is 6.47. The van der Waals surface area contributed by atoms with E-state index >= 15 is 0 Å². The lowest BCUT2D eigenvalue weighted by atomic mass is 10.2. The molecular formula is C8H7BrN2O. The molecule has 0 aliphatic carbocycles. The molecule has 0 saturated heterocycles. The van der Waals surface area contributed by atoms with Crippen molar-refractivity contribution in [2.24, 2.45) is 0 Å². The van der Waals surface area contributed by atoms with E-state index in [2.05, 4.69) is 26.1 Å². The number of nitrogens with one attached hydrogen (secondary N) is 1. The summed E-state index contributed by atoms with van der Waals surface area (Å²) in [5.41, 5.74) is 2.07. The monoisotopic (exact) mass is 226 g/mol. The van der Waals surface area contributed by atoms with Crippen molar-refractivity contribution in [2.75, 3.05) is 0 Å². The van der Waals surface area contributed by atoms with Crippen LogP contribution in [-0.4, -0.2) is 10.2 Å². The van der Waals surface area contributed by atoms with Gasteiger partial charge in [-0.3, -0.25) is 5.10 Å². The first kappa shape index (κ1) is 7.61. The minimum absolute atomic E-state index is 0.746. The van der Waals surface area contributed by atoms with Crippen LogP contribution in [0.3, 0.4) is 0 Å². The number of furan rings is 1. The molecule has 2 rings (SSSR count). The number of hydrogen-bond acceptors (Lipinski definition) is 2. The van der Waals surface area contributed by atoms with Crippen molar-refractivity contribution in [1.82, 2.24) is 10.2 Å². The lowest BCUT2D eigenvalue weighted by Crippen LogP contribution is -1.70. The summed E-state index contributed by atoms with van der Waals surface area (Å²) in [6.07, 6.45) is 3.54. The third-order valence-electron chi connectivity index (χ3n) is 1.65. The smallest absolute Gasteiger partial charge is 0.170 e. The van der Waals surface area contributed by atoms with Crippen LogP contribution in [0.15, 0.2) is 27.5 Å². The van der Waals surface area contributed by atoms with Gasteiger partial charge in [0.05, 0.1) is 11.8 Å². The van der Waals surface area contributed by atoms with Crippen LogP contribution in [0.1, 0.15) is 5.56 Å². The molecule has 1 N–H and O–H groups in total. The highest BCUT2D eigenvalue weighted by molar-refractivity contribution is 9.10. The van der Waals surface area contributed by atoms with Crippen LogP contribution in [0.5, 0.6) is 0 Å². The second kappa shape index (κ2) is 2.79. The van der Waals surface area contributed by atoms with Gasteiger partial charge in [0.15, 0.2) is 4.67 Å². The molecule has 0 bridgehead atoms. The van der Waals surface area contributed by atoms with Crippen molar-refractivity contribution in [2.45, 2.75) is 6.92 Å². The van der Waals surface area contributed by atoms with Gasteiger partial charge < -0.3 is 4.42 Å². The molecule has 0 fully saturated rings. The lowest BCUT2D eigenvalue weighted by Gasteiger charge is -1.90. The fourth-order valence-corrected chi connectivity index (χ4v) is 1.61. The maximum Gasteiger partial charge on any atom is 0.170 e. The van der Waals surface area contributed by atoms with Crippen LogP contribution in [0.2, 0.25) is 0 Å². The molecule has 3 nitrogen and oxygen atoms in total. The molecule has 0 aromatic carbocycles. The first-order valence-corrected chi connectivity index (χ1v) is 4.32. The Morgan fingerprint density at radius 3 is 2.92 bits per heavy atom. The Labute approximate surface area is 77.9 Å². The second-order valence-electron chi connectivity index (χ2n) is 2.55. The third-order valence-corrected chi connectivity index (χ3v) is 2.04. The number of aromatic amines is 1. The zero-order chi connectivity index (χ0) is 8.55. The van der Waals surface area contributed by atoms with E-state index in [-0.39, 0.29) is 0 Å². The van der Waals surface area contributed by atoms with Crippen LogP contribution in [-0.2, 0) is 0 Å². The number of hydrogen-bond donors (Lipinski definition) is 1. The summed E-state index contributed by atoms with van der Waals surface area (Å²) >= 11 is 3.27. The number of aryl methyl sites for hydroxylation is 1. The maximum absolute atomic E-state index is 5.42. The summed E-state index contributed by atoms with van der Waals surface area (Å²) in [5, 5.41) is 6.59. The molecule has 0 atom stereocenters. The fourth-order valence-electron chi connectivity index (χ4n) is 1.10. The Bertz CT molecular complexity index is 378. The molecule has 0 aliphatic rings. The van der Waals surface area contributed by atoms with Crippen molar-refractivity contribution in [1.29, 1.82) is 0 Å². The molecule has 4 heteroatoms. The van der Waals surface area contributed by atoms with E-state index in [0.29, 0.717) is 0 Å². The number of nitrogens with zero attached hydrogens (tertiary/aromatic N) is 1. The summed E-state index contributed by atoms with van der Waals surface area (Å²) in [7, 11) is 0. The van der Waals surface area contributed by atoms with Crippen molar-refractivity contribution in [3.8, 4) is 11.3 Å². The summed E-state index contributed by atoms with van der Waals surface area (Å²) in [6.45, 7) is 2.00. The van der Waals surface area contributed by atoms with Crippen molar-refractivity contribution < 1.29 is 4.42 Å². The lowest BCUT2D eigenvalue weighted by molar-refractivity contribution is 0.554. The van der Waals surface area contributed by atoms with Gasteiger partial charge >= 0.3 is 0 Å². The first-order chi connectivity index (χ1) is 5.77. The van der Waals surface area contributed by atoms with Gasteiger partial charge in [0.2, 0.25) is 0 Å². The molecule has 0 aliphatic heterocycles. The minimum atomic E-state index is 0.746. The van der Waals surface area contributed by atoms with Gasteiger partial charge in [0, 0.05) is 6.20 Å². The summed E-state index contributed by atoms with van der Waals surface area (Å²) in [4.78, 5) is 0. The largest absolute Gasteiger partial charge is 0.449 e. The van der Waals surface area contributed by atoms with E-state index in [0.717, 1.165) is 21.6 Å². The Hall–Kier alpha value is -1.03. The molecule has 2 aromatic rings. The molecule has 0 spiro atoms. The predicted octanol–water partition coefficient (Wildman–Crippen LogP) is 2.74. The van der Waals surface area contributed by atoms with E-state index < -0.39 is 0 Å². The minimum Gasteiger partial charge on any atom is -0.449 e. The van der Waals surface area contributed by atoms with Gasteiger partial charge in [-0.15, -0.1) is 0 Å². The Morgan fingerprint density at radius 1 is 1.58 bits per heavy atom. The molecule has 2 aromatic heterocycles. The Morgan fingerprint density at radius 2 is 2.42 bits per heavy atom. The summed E-state index contributed by atoms with van der Waals surface area (Å²) in [6, 6.07) is 1.93. The molecule has 12 heavy (non-hydrogen) atoms. The number of rotatable bonds is 1. The van der Waals surface area contributed by atoms with Crippen molar-refractivity contribution in [3.05, 3.63) is 28.7 Å². The predicted molar refractivity (Wildman–Crippen MR) is 48.7 cm³/mol. The number of halogens is 1. The molecule has 0 saturated carbocycles. The number of aromatic nitrogens is 2. The van der Waals surface area contributed by atoms with Crippen LogP contribution in [0.4, 0.5) is 0 Å². The molecule has 0 radical (unpaired) electrons. The molecule has 2 heterocycles. The SMILES string of the molecule is Cc1cc(Br)oc1-c1cn[nH]c1. The summed E-state index contributed by atoms with van der Waals surface area (Å²) in [5.74, 6) is 0.857. The van der Waals surface area contributed by atoms with Gasteiger partial charge in [-0.25, -0.2) is 0 Å². The fraction of sp³-hybridized carbons (Fsp3) is 0.125. The molecule has 62 valence electrons. The standard InChI is InChI=1S/C8H7BrN2O/c1-5-2-7(9)12-8(5)6-3-10-11-4-6/h2-4H,1H3,(H,10,11). The van der Waals surface area contributed by atoms with Gasteiger partial charge in [0.25, 0.3) is 0 Å². The zero-order valence-corrected chi connectivity index (χ0v) is 8.05. The van der Waals surface area contributed by atoms with Crippen LogP contribution >= 0.6 is 15.9 Å². The van der Waals surface area contributed by atoms with Gasteiger partial charge in [0.1, 0.15) is 5.76 Å². The highest BCUT2D eigenvalue weighted by atomic mass is 79.9. The topological polar surface area (TPSA) is 41.8 Å². The van der Waals surface area contributed by atoms with Crippen molar-refractivity contribution >= 4 is 15.9 Å². The molecular weight excluding hydrogens is 220 g/mol. The van der Waals surface area contributed by atoms with E-state index in [4.69, 9.17) is 4.42 Å². The normalized spacial score (nSPS) is 10.5. The summed E-state index contributed by atoms with van der Waals surface area (Å²) < 4.78 is 6.16. The van der Waals surface area contributed by atoms with E-state index in [1.54, 1.807) is 12.4 Å². The quantitative estimate of drug-likeness (QED) is 0.813. The molecule has 0 unspecified atom stereocenters. The van der Waals surface area contributed by atoms with E-state index in [9.17, 15) is 0 Å². The maximum atomic E-state index is 5.42. The van der Waals surface area contributed by atoms with Crippen LogP contribution < -0.4 is 0 Å². The average molecular weight is 227 g/mol. The number of H-pyrrole nitrogens is 1. The van der Waals surface area contributed by atoms with E-state index in [1.807, 2.05) is 13.0 Å². The van der Waals surface area contributed by atoms with Crippen LogP contribution in [0, 0.1) is 6.92 Å². The Balaban J connectivity index is 2.54. The van der Waals surface area contributed by atoms with Crippen molar-refractivity contribution in [3.63, 3.8) is 0 Å². The van der Waals surface area contributed by atoms with Gasteiger partial charge in [-0.05, 0) is 34.5 Å². The molecule has 0 amide bonds. The first-order valence-electron chi connectivity index (χ1n) is 3.52. The average Bonchev–Trinajstić information content (AvgIpc) is 2.58. The second-order valence-corrected chi connectivity index (χ2v) is 3.33. The van der Waals surface area contributed by atoms with Gasteiger partial charge in [-0.2, -0.15) is 5.10 Å². The highest BCUT2D eigenvalue weighted by Crippen LogP contribution is 2.28. The third kappa shape index (κ3) is 1.18. The highest BCUT2D eigenvalue weighted by Gasteiger charge is 2.08. The van der Waals surface area contributed by atoms with Crippen LogP contribution in [0.25, 0.3) is 11.3 Å².